The summed E-state index contributed by atoms with van der Waals surface area (Å²) in [5.74, 6) is 1.03. The van der Waals surface area contributed by atoms with Crippen LogP contribution in [0.15, 0.2) is 36.5 Å². The zero-order valence-electron chi connectivity index (χ0n) is 15.3. The van der Waals surface area contributed by atoms with Gasteiger partial charge in [-0.2, -0.15) is 0 Å². The SMILES string of the molecule is O=C(NCc1cccnc1N1CCCCC1)c1ccc2c(c1)CCCC2. The standard InChI is InChI=1S/C22H27N3O/c26-22(19-11-10-17-7-2-3-8-18(17)15-19)24-16-20-9-6-12-23-21(20)25-13-4-1-5-14-25/h6,9-12,15H,1-5,7-8,13-14,16H2,(H,24,26). The molecular weight excluding hydrogens is 322 g/mol. The minimum absolute atomic E-state index is 0.00632. The van der Waals surface area contributed by atoms with Gasteiger partial charge in [-0.15, -0.1) is 0 Å². The zero-order chi connectivity index (χ0) is 17.8. The predicted octanol–water partition coefficient (Wildman–Crippen LogP) is 3.88. The lowest BCUT2D eigenvalue weighted by molar-refractivity contribution is 0.0951. The van der Waals surface area contributed by atoms with Gasteiger partial charge in [0.1, 0.15) is 5.82 Å². The second kappa shape index (κ2) is 7.90. The van der Waals surface area contributed by atoms with Crippen molar-refractivity contribution < 1.29 is 4.79 Å². The molecule has 136 valence electrons. The van der Waals surface area contributed by atoms with E-state index >= 15 is 0 Å². The maximum absolute atomic E-state index is 12.6. The molecule has 1 aromatic carbocycles. The number of nitrogens with zero attached hydrogens (tertiary/aromatic N) is 2. The molecule has 1 saturated heterocycles. The van der Waals surface area contributed by atoms with Crippen LogP contribution in [0.5, 0.6) is 0 Å². The van der Waals surface area contributed by atoms with Crippen molar-refractivity contribution in [2.45, 2.75) is 51.5 Å². The first-order chi connectivity index (χ1) is 12.8. The van der Waals surface area contributed by atoms with Gasteiger partial charge in [-0.1, -0.05) is 12.1 Å². The van der Waals surface area contributed by atoms with Crippen molar-refractivity contribution in [1.29, 1.82) is 0 Å². The Morgan fingerprint density at radius 3 is 2.65 bits per heavy atom. The largest absolute Gasteiger partial charge is 0.356 e. The van der Waals surface area contributed by atoms with Crippen molar-refractivity contribution in [3.63, 3.8) is 0 Å². The number of benzene rings is 1. The number of carbonyl (C=O) groups excluding carboxylic acids is 1. The Labute approximate surface area is 155 Å². The van der Waals surface area contributed by atoms with E-state index in [1.165, 1.54) is 43.2 Å². The molecule has 0 bridgehead atoms. The maximum Gasteiger partial charge on any atom is 0.251 e. The highest BCUT2D eigenvalue weighted by Gasteiger charge is 2.17. The first-order valence-corrected chi connectivity index (χ1v) is 9.90. The van der Waals surface area contributed by atoms with Crippen molar-refractivity contribution in [2.24, 2.45) is 0 Å². The lowest BCUT2D eigenvalue weighted by Crippen LogP contribution is -2.32. The summed E-state index contributed by atoms with van der Waals surface area (Å²) in [5.41, 5.74) is 4.63. The number of hydrogen-bond acceptors (Lipinski definition) is 3. The second-order valence-corrected chi connectivity index (χ2v) is 7.41. The second-order valence-electron chi connectivity index (χ2n) is 7.41. The molecule has 26 heavy (non-hydrogen) atoms. The fourth-order valence-electron chi connectivity index (χ4n) is 4.11. The number of piperidine rings is 1. The van der Waals surface area contributed by atoms with E-state index in [4.69, 9.17) is 0 Å². The lowest BCUT2D eigenvalue weighted by atomic mass is 9.90. The molecule has 4 nitrogen and oxygen atoms in total. The van der Waals surface area contributed by atoms with Gasteiger partial charge in [-0.05, 0) is 74.3 Å². The molecule has 0 unspecified atom stereocenters. The van der Waals surface area contributed by atoms with E-state index < -0.39 is 0 Å². The van der Waals surface area contributed by atoms with Crippen LogP contribution in [-0.2, 0) is 19.4 Å². The van der Waals surface area contributed by atoms with Crippen molar-refractivity contribution >= 4 is 11.7 Å². The van der Waals surface area contributed by atoms with Crippen LogP contribution in [0.1, 0.15) is 59.2 Å². The van der Waals surface area contributed by atoms with E-state index in [1.807, 2.05) is 18.3 Å². The first kappa shape index (κ1) is 17.1. The van der Waals surface area contributed by atoms with Gasteiger partial charge in [-0.25, -0.2) is 4.98 Å². The molecular formula is C22H27N3O. The normalized spacial score (nSPS) is 16.8. The average Bonchev–Trinajstić information content (AvgIpc) is 2.72. The van der Waals surface area contributed by atoms with Crippen molar-refractivity contribution in [2.75, 3.05) is 18.0 Å². The topological polar surface area (TPSA) is 45.2 Å². The Morgan fingerprint density at radius 1 is 1.00 bits per heavy atom. The van der Waals surface area contributed by atoms with Crippen LogP contribution in [0.4, 0.5) is 5.82 Å². The van der Waals surface area contributed by atoms with Gasteiger partial charge in [0.15, 0.2) is 0 Å². The molecule has 4 heteroatoms. The number of aromatic nitrogens is 1. The third-order valence-electron chi connectivity index (χ3n) is 5.57. The number of rotatable bonds is 4. The summed E-state index contributed by atoms with van der Waals surface area (Å²) < 4.78 is 0. The lowest BCUT2D eigenvalue weighted by Gasteiger charge is -2.29. The summed E-state index contributed by atoms with van der Waals surface area (Å²) in [6.07, 6.45) is 10.3. The molecule has 2 aromatic rings. The van der Waals surface area contributed by atoms with E-state index in [0.29, 0.717) is 6.54 Å². The minimum atomic E-state index is 0.00632. The Bertz CT molecular complexity index is 781. The fourth-order valence-corrected chi connectivity index (χ4v) is 4.11. The molecule has 0 radical (unpaired) electrons. The third-order valence-corrected chi connectivity index (χ3v) is 5.57. The average molecular weight is 349 g/mol. The monoisotopic (exact) mass is 349 g/mol. The summed E-state index contributed by atoms with van der Waals surface area (Å²) in [7, 11) is 0. The highest BCUT2D eigenvalue weighted by molar-refractivity contribution is 5.94. The summed E-state index contributed by atoms with van der Waals surface area (Å²) in [6, 6.07) is 10.2. The predicted molar refractivity (Wildman–Crippen MR) is 105 cm³/mol. The fraction of sp³-hybridized carbons (Fsp3) is 0.455. The molecule has 0 spiro atoms. The van der Waals surface area contributed by atoms with Crippen LogP contribution in [-0.4, -0.2) is 24.0 Å². The number of pyridine rings is 1. The Morgan fingerprint density at radius 2 is 1.81 bits per heavy atom. The Kier molecular flexibility index (Phi) is 5.19. The minimum Gasteiger partial charge on any atom is -0.356 e. The van der Waals surface area contributed by atoms with Crippen LogP contribution in [0, 0.1) is 0 Å². The third kappa shape index (κ3) is 3.74. The number of nitrogens with one attached hydrogen (secondary N) is 1. The van der Waals surface area contributed by atoms with Gasteiger partial charge in [0.2, 0.25) is 0 Å². The van der Waals surface area contributed by atoms with E-state index in [-0.39, 0.29) is 5.91 Å². The Balaban J connectivity index is 1.45. The molecule has 1 aliphatic heterocycles. The highest BCUT2D eigenvalue weighted by atomic mass is 16.1. The molecule has 0 atom stereocenters. The van der Waals surface area contributed by atoms with Gasteiger partial charge in [0, 0.05) is 37.0 Å². The summed E-state index contributed by atoms with van der Waals surface area (Å²) in [6.45, 7) is 2.64. The van der Waals surface area contributed by atoms with Crippen LogP contribution < -0.4 is 10.2 Å². The molecule has 1 aliphatic carbocycles. The van der Waals surface area contributed by atoms with Crippen LogP contribution >= 0.6 is 0 Å². The number of carbonyl (C=O) groups is 1. The van der Waals surface area contributed by atoms with Crippen molar-refractivity contribution in [3.8, 4) is 0 Å². The van der Waals surface area contributed by atoms with Crippen LogP contribution in [0.25, 0.3) is 0 Å². The summed E-state index contributed by atoms with van der Waals surface area (Å²) in [4.78, 5) is 19.6. The number of hydrogen-bond donors (Lipinski definition) is 1. The molecule has 4 rings (SSSR count). The highest BCUT2D eigenvalue weighted by Crippen LogP contribution is 2.23. The zero-order valence-corrected chi connectivity index (χ0v) is 15.3. The van der Waals surface area contributed by atoms with Crippen LogP contribution in [0.2, 0.25) is 0 Å². The summed E-state index contributed by atoms with van der Waals surface area (Å²) >= 11 is 0. The van der Waals surface area contributed by atoms with E-state index in [2.05, 4.69) is 33.4 Å². The van der Waals surface area contributed by atoms with Crippen molar-refractivity contribution in [3.05, 3.63) is 58.8 Å². The van der Waals surface area contributed by atoms with Gasteiger partial charge in [0.05, 0.1) is 0 Å². The molecule has 1 aromatic heterocycles. The number of anilines is 1. The molecule has 1 fully saturated rings. The number of aryl methyl sites for hydroxylation is 2. The molecule has 1 amide bonds. The van der Waals surface area contributed by atoms with Gasteiger partial charge in [-0.3, -0.25) is 4.79 Å². The summed E-state index contributed by atoms with van der Waals surface area (Å²) in [5, 5.41) is 3.10. The quantitative estimate of drug-likeness (QED) is 0.911. The first-order valence-electron chi connectivity index (χ1n) is 9.90. The van der Waals surface area contributed by atoms with Gasteiger partial charge < -0.3 is 10.2 Å². The van der Waals surface area contributed by atoms with E-state index in [0.717, 1.165) is 42.9 Å². The molecule has 2 heterocycles. The van der Waals surface area contributed by atoms with E-state index in [1.54, 1.807) is 0 Å². The number of amides is 1. The maximum atomic E-state index is 12.6. The Hall–Kier alpha value is -2.36. The van der Waals surface area contributed by atoms with Crippen LogP contribution in [0.3, 0.4) is 0 Å². The molecule has 0 saturated carbocycles. The molecule has 1 N–H and O–H groups in total. The number of fused-ring (bicyclic) bond motifs is 1. The molecule has 2 aliphatic rings. The van der Waals surface area contributed by atoms with Crippen molar-refractivity contribution in [1.82, 2.24) is 10.3 Å². The van der Waals surface area contributed by atoms with E-state index in [9.17, 15) is 4.79 Å². The van der Waals surface area contributed by atoms with Gasteiger partial charge in [0.25, 0.3) is 5.91 Å². The van der Waals surface area contributed by atoms with Gasteiger partial charge >= 0.3 is 0 Å². The smallest absolute Gasteiger partial charge is 0.251 e.